The van der Waals surface area contributed by atoms with Gasteiger partial charge in [0.15, 0.2) is 0 Å². The molecule has 0 aliphatic heterocycles. The van der Waals surface area contributed by atoms with Crippen LogP contribution in [0.1, 0.15) is 0 Å². The number of benzene rings is 1. The maximum Gasteiger partial charge on any atom is 0.140 e. The van der Waals surface area contributed by atoms with E-state index in [4.69, 9.17) is 4.74 Å². The van der Waals surface area contributed by atoms with Crippen molar-refractivity contribution in [1.82, 2.24) is 4.98 Å². The normalized spacial score (nSPS) is 10.1. The Bertz CT molecular complexity index is 433. The highest BCUT2D eigenvalue weighted by Gasteiger charge is 1.96. The van der Waals surface area contributed by atoms with E-state index in [1.54, 1.807) is 18.0 Å². The van der Waals surface area contributed by atoms with E-state index >= 15 is 0 Å². The Morgan fingerprint density at radius 1 is 1.12 bits per heavy atom. The quantitative estimate of drug-likeness (QED) is 0.629. The summed E-state index contributed by atoms with van der Waals surface area (Å²) in [5.74, 6) is 1.45. The van der Waals surface area contributed by atoms with Gasteiger partial charge in [-0.1, -0.05) is 30.0 Å². The van der Waals surface area contributed by atoms with E-state index in [9.17, 15) is 0 Å². The average molecular weight is 296 g/mol. The van der Waals surface area contributed by atoms with Gasteiger partial charge in [-0.2, -0.15) is 0 Å². The third kappa shape index (κ3) is 3.54. The van der Waals surface area contributed by atoms with Gasteiger partial charge in [-0.05, 0) is 40.2 Å². The summed E-state index contributed by atoms with van der Waals surface area (Å²) in [4.78, 5) is 4.25. The lowest BCUT2D eigenvalue weighted by Crippen LogP contribution is -1.92. The number of pyridine rings is 1. The number of halogens is 1. The molecule has 2 aromatic rings. The number of para-hydroxylation sites is 1. The van der Waals surface area contributed by atoms with Gasteiger partial charge in [-0.3, -0.25) is 0 Å². The van der Waals surface area contributed by atoms with E-state index in [-0.39, 0.29) is 0 Å². The molecule has 0 aliphatic rings. The average Bonchev–Trinajstić information content (AvgIpc) is 2.33. The molecule has 0 N–H and O–H groups in total. The fourth-order valence-electron chi connectivity index (χ4n) is 1.12. The molecule has 1 aromatic carbocycles. The van der Waals surface area contributed by atoms with Gasteiger partial charge in [0.05, 0.1) is 5.03 Å². The lowest BCUT2D eigenvalue weighted by atomic mass is 10.3. The Kier molecular flexibility index (Phi) is 4.25. The molecule has 0 radical (unpaired) electrons. The van der Waals surface area contributed by atoms with Gasteiger partial charge in [-0.15, -0.1) is 0 Å². The Labute approximate surface area is 107 Å². The van der Waals surface area contributed by atoms with Crippen LogP contribution in [0.4, 0.5) is 0 Å². The summed E-state index contributed by atoms with van der Waals surface area (Å²) >= 11 is 4.92. The van der Waals surface area contributed by atoms with Crippen LogP contribution in [0.25, 0.3) is 0 Å². The van der Waals surface area contributed by atoms with Gasteiger partial charge in [0.25, 0.3) is 0 Å². The van der Waals surface area contributed by atoms with Crippen molar-refractivity contribution in [3.63, 3.8) is 0 Å². The molecule has 0 amide bonds. The van der Waals surface area contributed by atoms with E-state index in [1.807, 2.05) is 42.5 Å². The van der Waals surface area contributed by atoms with Crippen molar-refractivity contribution in [2.45, 2.75) is 5.03 Å². The van der Waals surface area contributed by atoms with Crippen LogP contribution in [0.3, 0.4) is 0 Å². The summed E-state index contributed by atoms with van der Waals surface area (Å²) in [7, 11) is 0. The Hall–Kier alpha value is -1.00. The molecule has 1 heterocycles. The number of nitrogens with zero attached hydrogens (tertiary/aromatic N) is 1. The SMILES string of the molecule is Brc1ccc(SCOc2ccccc2)nc1. The second-order valence-corrected chi connectivity index (χ2v) is 4.89. The zero-order valence-electron chi connectivity index (χ0n) is 8.47. The summed E-state index contributed by atoms with van der Waals surface area (Å²) in [5, 5.41) is 0.958. The highest BCUT2D eigenvalue weighted by Crippen LogP contribution is 2.19. The van der Waals surface area contributed by atoms with E-state index in [0.29, 0.717) is 5.94 Å². The number of thioether (sulfide) groups is 1. The first-order valence-electron chi connectivity index (χ1n) is 4.77. The smallest absolute Gasteiger partial charge is 0.140 e. The van der Waals surface area contributed by atoms with Crippen LogP contribution in [0.5, 0.6) is 5.75 Å². The molecule has 16 heavy (non-hydrogen) atoms. The molecule has 0 unspecified atom stereocenters. The maximum atomic E-state index is 5.55. The van der Waals surface area contributed by atoms with Crippen molar-refractivity contribution in [1.29, 1.82) is 0 Å². The first kappa shape index (κ1) is 11.5. The molecule has 0 atom stereocenters. The molecule has 0 saturated heterocycles. The van der Waals surface area contributed by atoms with Crippen LogP contribution in [0.2, 0.25) is 0 Å². The van der Waals surface area contributed by atoms with Gasteiger partial charge in [0.2, 0.25) is 0 Å². The highest BCUT2D eigenvalue weighted by molar-refractivity contribution is 9.10. The van der Waals surface area contributed by atoms with Gasteiger partial charge in [-0.25, -0.2) is 4.98 Å². The van der Waals surface area contributed by atoms with Crippen LogP contribution in [-0.4, -0.2) is 10.9 Å². The molecule has 0 aliphatic carbocycles. The maximum absolute atomic E-state index is 5.55. The predicted octanol–water partition coefficient (Wildman–Crippen LogP) is 3.97. The van der Waals surface area contributed by atoms with E-state index < -0.39 is 0 Å². The summed E-state index contributed by atoms with van der Waals surface area (Å²) in [6.45, 7) is 0. The third-order valence-electron chi connectivity index (χ3n) is 1.88. The number of ether oxygens (including phenoxy) is 1. The van der Waals surface area contributed by atoms with Crippen LogP contribution in [0, 0.1) is 0 Å². The predicted molar refractivity (Wildman–Crippen MR) is 69.7 cm³/mol. The van der Waals surface area contributed by atoms with Crippen molar-refractivity contribution < 1.29 is 4.74 Å². The van der Waals surface area contributed by atoms with Crippen LogP contribution in [-0.2, 0) is 0 Å². The lowest BCUT2D eigenvalue weighted by Gasteiger charge is -2.04. The molecular weight excluding hydrogens is 286 g/mol. The van der Waals surface area contributed by atoms with E-state index in [0.717, 1.165) is 15.2 Å². The standard InChI is InChI=1S/C12H10BrNOS/c13-10-6-7-12(14-8-10)16-9-15-11-4-2-1-3-5-11/h1-8H,9H2. The largest absolute Gasteiger partial charge is 0.483 e. The fourth-order valence-corrected chi connectivity index (χ4v) is 1.96. The number of rotatable bonds is 4. The second kappa shape index (κ2) is 5.92. The molecule has 0 fully saturated rings. The topological polar surface area (TPSA) is 22.1 Å². The van der Waals surface area contributed by atoms with Gasteiger partial charge < -0.3 is 4.74 Å². The Balaban J connectivity index is 1.82. The minimum absolute atomic E-state index is 0.568. The van der Waals surface area contributed by atoms with Crippen LogP contribution in [0.15, 0.2) is 58.2 Å². The van der Waals surface area contributed by atoms with E-state index in [1.165, 1.54) is 0 Å². The Morgan fingerprint density at radius 2 is 1.94 bits per heavy atom. The molecule has 0 spiro atoms. The minimum atomic E-state index is 0.568. The number of aromatic nitrogens is 1. The van der Waals surface area contributed by atoms with Crippen molar-refractivity contribution in [3.05, 3.63) is 53.1 Å². The second-order valence-electron chi connectivity index (χ2n) is 3.03. The molecule has 2 nitrogen and oxygen atoms in total. The number of hydrogen-bond acceptors (Lipinski definition) is 3. The highest BCUT2D eigenvalue weighted by atomic mass is 79.9. The molecule has 4 heteroatoms. The molecule has 82 valence electrons. The van der Waals surface area contributed by atoms with Crippen molar-refractivity contribution in [2.24, 2.45) is 0 Å². The zero-order valence-corrected chi connectivity index (χ0v) is 10.9. The molecule has 2 rings (SSSR count). The Morgan fingerprint density at radius 3 is 2.62 bits per heavy atom. The van der Waals surface area contributed by atoms with Crippen molar-refractivity contribution in [2.75, 3.05) is 5.94 Å². The minimum Gasteiger partial charge on any atom is -0.483 e. The van der Waals surface area contributed by atoms with Crippen molar-refractivity contribution in [3.8, 4) is 5.75 Å². The fraction of sp³-hybridized carbons (Fsp3) is 0.0833. The third-order valence-corrected chi connectivity index (χ3v) is 3.12. The molecule has 1 aromatic heterocycles. The molecule has 0 bridgehead atoms. The van der Waals surface area contributed by atoms with Crippen LogP contribution >= 0.6 is 27.7 Å². The van der Waals surface area contributed by atoms with Crippen molar-refractivity contribution >= 4 is 27.7 Å². The summed E-state index contributed by atoms with van der Waals surface area (Å²) in [6, 6.07) is 13.7. The zero-order chi connectivity index (χ0) is 11.2. The number of hydrogen-bond donors (Lipinski definition) is 0. The van der Waals surface area contributed by atoms with Gasteiger partial charge in [0.1, 0.15) is 11.7 Å². The first-order chi connectivity index (χ1) is 7.84. The summed E-state index contributed by atoms with van der Waals surface area (Å²) < 4.78 is 6.54. The van der Waals surface area contributed by atoms with Gasteiger partial charge >= 0.3 is 0 Å². The lowest BCUT2D eigenvalue weighted by molar-refractivity contribution is 0.393. The summed E-state index contributed by atoms with van der Waals surface area (Å²) in [5.41, 5.74) is 0. The first-order valence-corrected chi connectivity index (χ1v) is 6.55. The monoisotopic (exact) mass is 295 g/mol. The molecule has 0 saturated carbocycles. The van der Waals surface area contributed by atoms with E-state index in [2.05, 4.69) is 20.9 Å². The summed E-state index contributed by atoms with van der Waals surface area (Å²) in [6.07, 6.45) is 1.78. The molecular formula is C12H10BrNOS. The van der Waals surface area contributed by atoms with Crippen LogP contribution < -0.4 is 4.74 Å². The van der Waals surface area contributed by atoms with Gasteiger partial charge in [0, 0.05) is 10.7 Å².